The number of aryl methyl sites for hydroxylation is 2. The van der Waals surface area contributed by atoms with Gasteiger partial charge in [0.05, 0.1) is 23.0 Å². The molecule has 4 aromatic rings. The molecule has 0 bridgehead atoms. The van der Waals surface area contributed by atoms with Crippen LogP contribution in [0.1, 0.15) is 11.1 Å². The third-order valence-electron chi connectivity index (χ3n) is 8.21. The minimum Gasteiger partial charge on any atom is -0.504 e. The number of nitro groups is 1. The molecule has 204 valence electrons. The predicted molar refractivity (Wildman–Crippen MR) is 148 cm³/mol. The Balaban J connectivity index is 1.22. The van der Waals surface area contributed by atoms with Crippen molar-refractivity contribution in [3.63, 3.8) is 0 Å². The fourth-order valence-corrected chi connectivity index (χ4v) is 6.13. The molecule has 3 aliphatic rings. The Labute approximate surface area is 230 Å². The van der Waals surface area contributed by atoms with Crippen molar-refractivity contribution < 1.29 is 28.8 Å². The van der Waals surface area contributed by atoms with Crippen molar-refractivity contribution in [1.82, 2.24) is 4.90 Å². The van der Waals surface area contributed by atoms with Crippen molar-refractivity contribution in [2.75, 3.05) is 45.0 Å². The van der Waals surface area contributed by atoms with Crippen LogP contribution in [0.25, 0.3) is 22.0 Å². The van der Waals surface area contributed by atoms with Gasteiger partial charge >= 0.3 is 0 Å². The van der Waals surface area contributed by atoms with Crippen molar-refractivity contribution in [3.05, 3.63) is 76.0 Å². The summed E-state index contributed by atoms with van der Waals surface area (Å²) in [5.41, 5.74) is 5.24. The number of ether oxygens (including phenoxy) is 3. The molecule has 0 spiro atoms. The van der Waals surface area contributed by atoms with Crippen LogP contribution in [0.3, 0.4) is 0 Å². The summed E-state index contributed by atoms with van der Waals surface area (Å²) in [6.45, 7) is 4.56. The minimum atomic E-state index is -0.319. The highest BCUT2D eigenvalue weighted by Gasteiger charge is 2.30. The maximum absolute atomic E-state index is 11.5. The lowest BCUT2D eigenvalue weighted by Crippen LogP contribution is -2.46. The third kappa shape index (κ3) is 4.03. The van der Waals surface area contributed by atoms with Gasteiger partial charge in [-0.2, -0.15) is 4.57 Å². The molecule has 0 aliphatic carbocycles. The average molecular weight is 542 g/mol. The number of hydrogen-bond donors (Lipinski definition) is 1. The van der Waals surface area contributed by atoms with E-state index in [4.69, 9.17) is 14.2 Å². The number of hydrogen-bond acceptors (Lipinski definition) is 8. The van der Waals surface area contributed by atoms with Gasteiger partial charge in [-0.1, -0.05) is 12.1 Å². The number of para-hydroxylation sites is 2. The van der Waals surface area contributed by atoms with Gasteiger partial charge in [0.1, 0.15) is 5.69 Å². The van der Waals surface area contributed by atoms with Crippen LogP contribution in [0.15, 0.2) is 54.7 Å². The van der Waals surface area contributed by atoms with Gasteiger partial charge < -0.3 is 24.2 Å². The number of pyridine rings is 1. The zero-order valence-electron chi connectivity index (χ0n) is 22.1. The number of nitrogens with zero attached hydrogens (tertiary/aromatic N) is 4. The van der Waals surface area contributed by atoms with Crippen molar-refractivity contribution in [3.8, 4) is 34.3 Å². The largest absolute Gasteiger partial charge is 0.504 e. The number of methoxy groups -OCH3 is 1. The Morgan fingerprint density at radius 3 is 2.60 bits per heavy atom. The first-order chi connectivity index (χ1) is 19.5. The number of aromatic hydroxyl groups is 1. The van der Waals surface area contributed by atoms with Crippen molar-refractivity contribution in [1.29, 1.82) is 0 Å². The number of phenolic OH excluding ortho intramolecular Hbond substituents is 1. The van der Waals surface area contributed by atoms with E-state index in [-0.39, 0.29) is 23.2 Å². The van der Waals surface area contributed by atoms with Crippen molar-refractivity contribution in [2.24, 2.45) is 0 Å². The summed E-state index contributed by atoms with van der Waals surface area (Å²) in [6.07, 6.45) is 2.88. The number of aromatic nitrogens is 1. The smallest absolute Gasteiger partial charge is 0.292 e. The normalized spacial score (nSPS) is 16.1. The minimum absolute atomic E-state index is 0.134. The van der Waals surface area contributed by atoms with Gasteiger partial charge in [0.15, 0.2) is 35.7 Å². The van der Waals surface area contributed by atoms with E-state index in [9.17, 15) is 15.2 Å². The fraction of sp³-hybridized carbons (Fsp3) is 0.300. The van der Waals surface area contributed by atoms with Crippen LogP contribution in [0.2, 0.25) is 0 Å². The van der Waals surface area contributed by atoms with Crippen LogP contribution >= 0.6 is 0 Å². The van der Waals surface area contributed by atoms with Crippen LogP contribution in [-0.4, -0.2) is 55.0 Å². The van der Waals surface area contributed by atoms with Crippen LogP contribution in [0.4, 0.5) is 11.4 Å². The van der Waals surface area contributed by atoms with Crippen molar-refractivity contribution >= 4 is 22.1 Å². The van der Waals surface area contributed by atoms with E-state index in [1.54, 1.807) is 19.2 Å². The monoisotopic (exact) mass is 541 g/mol. The van der Waals surface area contributed by atoms with E-state index < -0.39 is 0 Å². The zero-order chi connectivity index (χ0) is 27.4. The molecule has 0 saturated carbocycles. The van der Waals surface area contributed by atoms with Crippen LogP contribution < -0.4 is 23.7 Å². The van der Waals surface area contributed by atoms with Gasteiger partial charge in [0.25, 0.3) is 5.69 Å². The maximum atomic E-state index is 11.5. The highest BCUT2D eigenvalue weighted by Crippen LogP contribution is 2.42. The van der Waals surface area contributed by atoms with Gasteiger partial charge in [-0.25, -0.2) is 0 Å². The predicted octanol–water partition coefficient (Wildman–Crippen LogP) is 4.02. The van der Waals surface area contributed by atoms with E-state index in [2.05, 4.69) is 32.6 Å². The SMILES string of the molecule is COc1cc(CN2CCN(c3ccccc3[N+](=O)[O-])CC2)c2cc3[n+](cc2c1O)CCc1cc2c(cc1-3)OCO2. The molecule has 1 N–H and O–H groups in total. The van der Waals surface area contributed by atoms with Gasteiger partial charge in [-0.15, -0.1) is 0 Å². The highest BCUT2D eigenvalue weighted by atomic mass is 16.7. The summed E-state index contributed by atoms with van der Waals surface area (Å²) in [5, 5.41) is 24.3. The highest BCUT2D eigenvalue weighted by molar-refractivity contribution is 5.94. The first-order valence-corrected chi connectivity index (χ1v) is 13.4. The molecule has 4 heterocycles. The Morgan fingerprint density at radius 1 is 1.05 bits per heavy atom. The zero-order valence-corrected chi connectivity index (χ0v) is 22.1. The molecule has 0 amide bonds. The Hall–Kier alpha value is -4.57. The topological polar surface area (TPSA) is 101 Å². The third-order valence-corrected chi connectivity index (χ3v) is 8.21. The lowest BCUT2D eigenvalue weighted by Gasteiger charge is -2.36. The lowest BCUT2D eigenvalue weighted by atomic mass is 9.94. The molecule has 1 saturated heterocycles. The molecule has 3 aromatic carbocycles. The Morgan fingerprint density at radius 2 is 1.82 bits per heavy atom. The summed E-state index contributed by atoms with van der Waals surface area (Å²) < 4.78 is 19.0. The van der Waals surface area contributed by atoms with Gasteiger partial charge in [0.2, 0.25) is 12.5 Å². The Kier molecular flexibility index (Phi) is 5.85. The fourth-order valence-electron chi connectivity index (χ4n) is 6.13. The average Bonchev–Trinajstić information content (AvgIpc) is 3.44. The van der Waals surface area contributed by atoms with Crippen LogP contribution in [0, 0.1) is 10.1 Å². The van der Waals surface area contributed by atoms with E-state index >= 15 is 0 Å². The number of nitro benzene ring substituents is 1. The second-order valence-electron chi connectivity index (χ2n) is 10.4. The standard InChI is InChI=1S/C30H28N4O6/c1-38-29-13-20(16-31-8-10-32(11-9-31)24-4-2-3-5-25(24)34(36)37)21-14-26-22-15-28-27(39-18-40-28)12-19(22)6-7-33(26)17-23(21)30(29)35/h2-5,12-15,17H,6-11,16,18H2,1H3/p+1. The van der Waals surface area contributed by atoms with Gasteiger partial charge in [0, 0.05) is 56.7 Å². The summed E-state index contributed by atoms with van der Waals surface area (Å²) in [7, 11) is 1.57. The first-order valence-electron chi connectivity index (χ1n) is 13.4. The molecule has 0 radical (unpaired) electrons. The molecule has 1 aromatic heterocycles. The lowest BCUT2D eigenvalue weighted by molar-refractivity contribution is -0.686. The van der Waals surface area contributed by atoms with Gasteiger partial charge in [-0.05, 0) is 35.4 Å². The molecule has 40 heavy (non-hydrogen) atoms. The summed E-state index contributed by atoms with van der Waals surface area (Å²) >= 11 is 0. The van der Waals surface area contributed by atoms with E-state index in [0.29, 0.717) is 31.1 Å². The quantitative estimate of drug-likeness (QED) is 0.230. The van der Waals surface area contributed by atoms with E-state index in [0.717, 1.165) is 65.1 Å². The second kappa shape index (κ2) is 9.56. The number of fused-ring (bicyclic) bond motifs is 5. The number of phenols is 1. The molecule has 10 nitrogen and oxygen atoms in total. The Bertz CT molecular complexity index is 1660. The molecule has 10 heteroatoms. The summed E-state index contributed by atoms with van der Waals surface area (Å²) in [5.74, 6) is 2.12. The molecule has 0 atom stereocenters. The summed E-state index contributed by atoms with van der Waals surface area (Å²) in [6, 6.07) is 15.1. The van der Waals surface area contributed by atoms with Gasteiger partial charge in [-0.3, -0.25) is 15.0 Å². The van der Waals surface area contributed by atoms with Crippen molar-refractivity contribution in [2.45, 2.75) is 19.5 Å². The molecular formula is C30H29N4O6+. The molecule has 1 fully saturated rings. The first kappa shape index (κ1) is 24.5. The molecule has 0 unspecified atom stereocenters. The number of rotatable bonds is 5. The number of benzene rings is 3. The second-order valence-corrected chi connectivity index (χ2v) is 10.4. The van der Waals surface area contributed by atoms with E-state index in [1.807, 2.05) is 24.4 Å². The number of anilines is 1. The van der Waals surface area contributed by atoms with Crippen LogP contribution in [0.5, 0.6) is 23.0 Å². The molecule has 3 aliphatic heterocycles. The van der Waals surface area contributed by atoms with Crippen LogP contribution in [-0.2, 0) is 19.5 Å². The maximum Gasteiger partial charge on any atom is 0.292 e. The summed E-state index contributed by atoms with van der Waals surface area (Å²) in [4.78, 5) is 15.6. The van der Waals surface area contributed by atoms with E-state index in [1.165, 1.54) is 5.56 Å². The molecular weight excluding hydrogens is 512 g/mol. The molecule has 7 rings (SSSR count). The number of piperazine rings is 1.